The van der Waals surface area contributed by atoms with Crippen LogP contribution < -0.4 is 4.74 Å². The third kappa shape index (κ3) is 5.52. The molecule has 0 aliphatic rings. The summed E-state index contributed by atoms with van der Waals surface area (Å²) in [7, 11) is 1.59. The first-order valence-electron chi connectivity index (χ1n) is 6.15. The molecule has 2 atom stereocenters. The van der Waals surface area contributed by atoms with Gasteiger partial charge in [0.1, 0.15) is 11.0 Å². The number of carboxylic acids is 2. The van der Waals surface area contributed by atoms with Gasteiger partial charge in [-0.25, -0.2) is 0 Å². The SMILES string of the molecule is COc1ccc(CC(C)SC(CC(=O)O)C(=O)O)cc1. The third-order valence-corrected chi connectivity index (χ3v) is 4.04. The minimum Gasteiger partial charge on any atom is -0.497 e. The maximum absolute atomic E-state index is 11.0. The van der Waals surface area contributed by atoms with Crippen LogP contribution in [0.4, 0.5) is 0 Å². The standard InChI is InChI=1S/C14H18O5S/c1-9(20-12(14(17)18)8-13(15)16)7-10-3-5-11(19-2)6-4-10/h3-6,9,12H,7-8H2,1-2H3,(H,15,16)(H,17,18). The number of aliphatic carboxylic acids is 2. The summed E-state index contributed by atoms with van der Waals surface area (Å²) in [6.07, 6.45) is 0.311. The van der Waals surface area contributed by atoms with Gasteiger partial charge in [0.2, 0.25) is 0 Å². The van der Waals surface area contributed by atoms with Crippen molar-refractivity contribution in [2.24, 2.45) is 0 Å². The lowest BCUT2D eigenvalue weighted by Crippen LogP contribution is -2.23. The van der Waals surface area contributed by atoms with Crippen molar-refractivity contribution in [3.63, 3.8) is 0 Å². The fraction of sp³-hybridized carbons (Fsp3) is 0.429. The Balaban J connectivity index is 2.57. The Kier molecular flexibility index (Phi) is 6.38. The first-order chi connectivity index (χ1) is 9.42. The number of hydrogen-bond donors (Lipinski definition) is 2. The smallest absolute Gasteiger partial charge is 0.317 e. The molecule has 0 aliphatic carbocycles. The lowest BCUT2D eigenvalue weighted by atomic mass is 10.1. The molecule has 2 N–H and O–H groups in total. The molecule has 20 heavy (non-hydrogen) atoms. The summed E-state index contributed by atoms with van der Waals surface area (Å²) in [6, 6.07) is 7.53. The molecule has 0 saturated heterocycles. The minimum atomic E-state index is -1.10. The Hall–Kier alpha value is -1.69. The highest BCUT2D eigenvalue weighted by molar-refractivity contribution is 8.01. The molecule has 0 heterocycles. The van der Waals surface area contributed by atoms with Gasteiger partial charge in [-0.2, -0.15) is 0 Å². The van der Waals surface area contributed by atoms with E-state index in [1.807, 2.05) is 31.2 Å². The molecule has 0 spiro atoms. The van der Waals surface area contributed by atoms with E-state index in [1.165, 1.54) is 11.8 Å². The highest BCUT2D eigenvalue weighted by atomic mass is 32.2. The van der Waals surface area contributed by atoms with E-state index in [0.29, 0.717) is 6.42 Å². The van der Waals surface area contributed by atoms with Crippen molar-refractivity contribution in [1.82, 2.24) is 0 Å². The summed E-state index contributed by atoms with van der Waals surface area (Å²) in [4.78, 5) is 21.6. The molecule has 110 valence electrons. The summed E-state index contributed by atoms with van der Waals surface area (Å²) in [6.45, 7) is 1.90. The average molecular weight is 298 g/mol. The van der Waals surface area contributed by atoms with E-state index in [0.717, 1.165) is 11.3 Å². The molecule has 6 heteroatoms. The molecule has 0 aliphatic heterocycles. The molecule has 5 nitrogen and oxygen atoms in total. The van der Waals surface area contributed by atoms with Crippen molar-refractivity contribution in [1.29, 1.82) is 0 Å². The molecule has 0 fully saturated rings. The van der Waals surface area contributed by atoms with E-state index >= 15 is 0 Å². The summed E-state index contributed by atoms with van der Waals surface area (Å²) in [5.74, 6) is -1.41. The van der Waals surface area contributed by atoms with Crippen LogP contribution in [-0.2, 0) is 16.0 Å². The molecule has 1 aromatic carbocycles. The second kappa shape index (κ2) is 7.79. The van der Waals surface area contributed by atoms with Gasteiger partial charge in [0.05, 0.1) is 13.5 Å². The van der Waals surface area contributed by atoms with Crippen LogP contribution in [0.1, 0.15) is 18.9 Å². The normalized spacial score (nSPS) is 13.5. The second-order valence-electron chi connectivity index (χ2n) is 4.42. The Morgan fingerprint density at radius 3 is 2.30 bits per heavy atom. The highest BCUT2D eigenvalue weighted by Gasteiger charge is 2.24. The number of carbonyl (C=O) groups is 2. The van der Waals surface area contributed by atoms with Crippen LogP contribution in [-0.4, -0.2) is 39.8 Å². The number of hydrogen-bond acceptors (Lipinski definition) is 4. The average Bonchev–Trinajstić information content (AvgIpc) is 2.38. The third-order valence-electron chi connectivity index (χ3n) is 2.71. The molecule has 0 amide bonds. The fourth-order valence-electron chi connectivity index (χ4n) is 1.77. The largest absolute Gasteiger partial charge is 0.497 e. The number of rotatable bonds is 8. The van der Waals surface area contributed by atoms with Crippen LogP contribution in [0.3, 0.4) is 0 Å². The first kappa shape index (κ1) is 16.4. The van der Waals surface area contributed by atoms with Gasteiger partial charge in [-0.3, -0.25) is 9.59 Å². The number of ether oxygens (including phenoxy) is 1. The Morgan fingerprint density at radius 1 is 1.25 bits per heavy atom. The van der Waals surface area contributed by atoms with Gasteiger partial charge in [0.25, 0.3) is 0 Å². The minimum absolute atomic E-state index is 0.0174. The van der Waals surface area contributed by atoms with Gasteiger partial charge in [-0.1, -0.05) is 19.1 Å². The van der Waals surface area contributed by atoms with E-state index in [1.54, 1.807) is 7.11 Å². The molecule has 0 saturated carbocycles. The molecule has 1 rings (SSSR count). The zero-order valence-electron chi connectivity index (χ0n) is 11.4. The Bertz CT molecular complexity index is 457. The van der Waals surface area contributed by atoms with Gasteiger partial charge >= 0.3 is 11.9 Å². The summed E-state index contributed by atoms with van der Waals surface area (Å²) < 4.78 is 5.07. The van der Waals surface area contributed by atoms with Gasteiger partial charge < -0.3 is 14.9 Å². The summed E-state index contributed by atoms with van der Waals surface area (Å²) in [5.41, 5.74) is 1.06. The lowest BCUT2D eigenvalue weighted by Gasteiger charge is -2.16. The maximum Gasteiger partial charge on any atom is 0.317 e. The van der Waals surface area contributed by atoms with Crippen LogP contribution in [0.2, 0.25) is 0 Å². The predicted octanol–water partition coefficient (Wildman–Crippen LogP) is 2.29. The van der Waals surface area contributed by atoms with Crippen LogP contribution in [0.5, 0.6) is 5.75 Å². The zero-order chi connectivity index (χ0) is 15.1. The van der Waals surface area contributed by atoms with Crippen LogP contribution in [0.15, 0.2) is 24.3 Å². The molecule has 2 unspecified atom stereocenters. The Morgan fingerprint density at radius 2 is 1.85 bits per heavy atom. The van der Waals surface area contributed by atoms with E-state index in [2.05, 4.69) is 0 Å². The first-order valence-corrected chi connectivity index (χ1v) is 7.09. The number of carboxylic acid groups (broad SMARTS) is 2. The second-order valence-corrected chi connectivity index (χ2v) is 6.07. The van der Waals surface area contributed by atoms with Crippen molar-refractivity contribution in [3.05, 3.63) is 29.8 Å². The van der Waals surface area contributed by atoms with E-state index in [4.69, 9.17) is 14.9 Å². The number of methoxy groups -OCH3 is 1. The summed E-state index contributed by atoms with van der Waals surface area (Å²) >= 11 is 1.17. The van der Waals surface area contributed by atoms with E-state index in [-0.39, 0.29) is 11.7 Å². The molecule has 0 bridgehead atoms. The lowest BCUT2D eigenvalue weighted by molar-refractivity contribution is -0.142. The van der Waals surface area contributed by atoms with Gasteiger partial charge in [-0.05, 0) is 24.1 Å². The highest BCUT2D eigenvalue weighted by Crippen LogP contribution is 2.24. The topological polar surface area (TPSA) is 83.8 Å². The van der Waals surface area contributed by atoms with Crippen LogP contribution in [0.25, 0.3) is 0 Å². The van der Waals surface area contributed by atoms with E-state index < -0.39 is 17.2 Å². The fourth-order valence-corrected chi connectivity index (χ4v) is 2.98. The van der Waals surface area contributed by atoms with Crippen molar-refractivity contribution >= 4 is 23.7 Å². The van der Waals surface area contributed by atoms with Crippen molar-refractivity contribution < 1.29 is 24.5 Å². The maximum atomic E-state index is 11.0. The molecule has 0 radical (unpaired) electrons. The number of benzene rings is 1. The quantitative estimate of drug-likeness (QED) is 0.766. The molecule has 1 aromatic rings. The number of thioether (sulfide) groups is 1. The summed E-state index contributed by atoms with van der Waals surface area (Å²) in [5, 5.41) is 16.8. The van der Waals surface area contributed by atoms with Crippen LogP contribution >= 0.6 is 11.8 Å². The molecular formula is C14H18O5S. The monoisotopic (exact) mass is 298 g/mol. The van der Waals surface area contributed by atoms with Gasteiger partial charge in [0, 0.05) is 5.25 Å². The zero-order valence-corrected chi connectivity index (χ0v) is 12.2. The molecular weight excluding hydrogens is 280 g/mol. The van der Waals surface area contributed by atoms with Crippen molar-refractivity contribution in [2.45, 2.75) is 30.3 Å². The predicted molar refractivity (Wildman–Crippen MR) is 77.4 cm³/mol. The van der Waals surface area contributed by atoms with Gasteiger partial charge in [-0.15, -0.1) is 11.8 Å². The molecule has 0 aromatic heterocycles. The van der Waals surface area contributed by atoms with Crippen LogP contribution in [0, 0.1) is 0 Å². The van der Waals surface area contributed by atoms with E-state index in [9.17, 15) is 9.59 Å². The van der Waals surface area contributed by atoms with Crippen molar-refractivity contribution in [2.75, 3.05) is 7.11 Å². The van der Waals surface area contributed by atoms with Crippen molar-refractivity contribution in [3.8, 4) is 5.75 Å². The van der Waals surface area contributed by atoms with Gasteiger partial charge in [0.15, 0.2) is 0 Å². The Labute approximate surface area is 121 Å².